The predicted molar refractivity (Wildman–Crippen MR) is 61.3 cm³/mol. The summed E-state index contributed by atoms with van der Waals surface area (Å²) in [5.41, 5.74) is -1.49. The fraction of sp³-hybridized carbons (Fsp3) is 0.818. The molecule has 1 saturated heterocycles. The number of nitrogens with zero attached hydrogens (tertiary/aromatic N) is 2. The van der Waals surface area contributed by atoms with Crippen molar-refractivity contribution in [2.24, 2.45) is 0 Å². The smallest absolute Gasteiger partial charge is 0.338 e. The van der Waals surface area contributed by atoms with E-state index in [1.807, 2.05) is 4.90 Å². The number of amides is 1. The Morgan fingerprint density at radius 3 is 2.24 bits per heavy atom. The maximum atomic E-state index is 11.3. The van der Waals surface area contributed by atoms with Crippen molar-refractivity contribution >= 4 is 11.9 Å². The Labute approximate surface area is 101 Å². The molecule has 0 aliphatic carbocycles. The van der Waals surface area contributed by atoms with Crippen LogP contribution in [-0.4, -0.2) is 72.2 Å². The summed E-state index contributed by atoms with van der Waals surface area (Å²) in [5, 5.41) is 9.91. The molecule has 98 valence electrons. The van der Waals surface area contributed by atoms with Crippen LogP contribution in [0.2, 0.25) is 0 Å². The van der Waals surface area contributed by atoms with Crippen LogP contribution in [0.15, 0.2) is 0 Å². The summed E-state index contributed by atoms with van der Waals surface area (Å²) in [6.07, 6.45) is 0. The Morgan fingerprint density at radius 1 is 1.29 bits per heavy atom. The largest absolute Gasteiger partial charge is 0.467 e. The summed E-state index contributed by atoms with van der Waals surface area (Å²) in [5.74, 6) is -0.573. The van der Waals surface area contributed by atoms with Crippen LogP contribution in [0.5, 0.6) is 0 Å². The van der Waals surface area contributed by atoms with Crippen LogP contribution in [0, 0.1) is 0 Å². The van der Waals surface area contributed by atoms with Gasteiger partial charge in [-0.25, -0.2) is 4.79 Å². The lowest BCUT2D eigenvalue weighted by Crippen LogP contribution is -2.54. The Bertz CT molecular complexity index is 296. The zero-order chi connectivity index (χ0) is 13.1. The van der Waals surface area contributed by atoms with Gasteiger partial charge in [0, 0.05) is 39.6 Å². The number of ether oxygens (including phenoxy) is 1. The van der Waals surface area contributed by atoms with Crippen molar-refractivity contribution < 1.29 is 19.4 Å². The number of hydrogen-bond donors (Lipinski definition) is 1. The molecule has 0 aromatic rings. The number of methoxy groups -OCH3 is 1. The molecular formula is C11H20N2O4. The van der Waals surface area contributed by atoms with E-state index >= 15 is 0 Å². The van der Waals surface area contributed by atoms with Crippen molar-refractivity contribution in [3.63, 3.8) is 0 Å². The van der Waals surface area contributed by atoms with E-state index in [-0.39, 0.29) is 12.5 Å². The highest BCUT2D eigenvalue weighted by atomic mass is 16.5. The van der Waals surface area contributed by atoms with E-state index in [9.17, 15) is 14.7 Å². The van der Waals surface area contributed by atoms with Crippen LogP contribution in [0.4, 0.5) is 0 Å². The molecule has 0 aromatic carbocycles. The first kappa shape index (κ1) is 13.9. The first-order chi connectivity index (χ1) is 7.86. The maximum absolute atomic E-state index is 11.3. The molecule has 1 rings (SSSR count). The third kappa shape index (κ3) is 3.67. The van der Waals surface area contributed by atoms with Crippen LogP contribution in [0.3, 0.4) is 0 Å². The Morgan fingerprint density at radius 2 is 1.82 bits per heavy atom. The fourth-order valence-electron chi connectivity index (χ4n) is 1.94. The Balaban J connectivity index is 2.45. The predicted octanol–water partition coefficient (Wildman–Crippen LogP) is -0.925. The molecule has 0 bridgehead atoms. The highest BCUT2D eigenvalue weighted by Gasteiger charge is 2.34. The minimum absolute atomic E-state index is 0.0596. The number of β-amino-alcohol motifs (C(OH)–C–C–N with tert-alkyl or cyclic N) is 1. The number of carbonyl (C=O) groups is 2. The second-order valence-electron chi connectivity index (χ2n) is 4.55. The molecule has 1 aliphatic rings. The molecule has 1 aliphatic heterocycles. The van der Waals surface area contributed by atoms with Crippen LogP contribution in [0.25, 0.3) is 0 Å². The molecule has 1 N–H and O–H groups in total. The fourth-order valence-corrected chi connectivity index (χ4v) is 1.94. The number of carbonyl (C=O) groups excluding carboxylic acids is 2. The Kier molecular flexibility index (Phi) is 4.47. The standard InChI is InChI=1S/C11H20N2O4/c1-9(14)13-6-4-12(5-7-13)8-11(2,16)10(15)17-3/h16H,4-8H2,1-3H3. The van der Waals surface area contributed by atoms with E-state index in [0.29, 0.717) is 26.2 Å². The first-order valence-electron chi connectivity index (χ1n) is 5.65. The maximum Gasteiger partial charge on any atom is 0.338 e. The van der Waals surface area contributed by atoms with Gasteiger partial charge in [-0.1, -0.05) is 0 Å². The monoisotopic (exact) mass is 244 g/mol. The summed E-state index contributed by atoms with van der Waals surface area (Å²) < 4.78 is 4.54. The second-order valence-corrected chi connectivity index (χ2v) is 4.55. The minimum atomic E-state index is -1.49. The van der Waals surface area contributed by atoms with E-state index in [0.717, 1.165) is 0 Å². The molecule has 0 aromatic heterocycles. The van der Waals surface area contributed by atoms with E-state index < -0.39 is 11.6 Å². The van der Waals surface area contributed by atoms with Gasteiger partial charge in [0.2, 0.25) is 5.91 Å². The SMILES string of the molecule is COC(=O)C(C)(O)CN1CCN(C(C)=O)CC1. The minimum Gasteiger partial charge on any atom is -0.467 e. The van der Waals surface area contributed by atoms with Gasteiger partial charge in [0.1, 0.15) is 0 Å². The number of aliphatic hydroxyl groups is 1. The van der Waals surface area contributed by atoms with E-state index in [1.54, 1.807) is 11.8 Å². The van der Waals surface area contributed by atoms with Crippen molar-refractivity contribution in [2.45, 2.75) is 19.4 Å². The van der Waals surface area contributed by atoms with Crippen molar-refractivity contribution in [3.8, 4) is 0 Å². The molecule has 0 saturated carbocycles. The van der Waals surface area contributed by atoms with Gasteiger partial charge in [0.25, 0.3) is 0 Å². The van der Waals surface area contributed by atoms with Gasteiger partial charge in [0.15, 0.2) is 5.60 Å². The lowest BCUT2D eigenvalue weighted by molar-refractivity contribution is -0.163. The van der Waals surface area contributed by atoms with Gasteiger partial charge in [-0.15, -0.1) is 0 Å². The van der Waals surface area contributed by atoms with Crippen molar-refractivity contribution in [1.82, 2.24) is 9.80 Å². The van der Waals surface area contributed by atoms with Crippen LogP contribution in [0.1, 0.15) is 13.8 Å². The van der Waals surface area contributed by atoms with Gasteiger partial charge in [0.05, 0.1) is 7.11 Å². The third-order valence-electron chi connectivity index (χ3n) is 2.97. The number of rotatable bonds is 3. The number of hydrogen-bond acceptors (Lipinski definition) is 5. The second kappa shape index (κ2) is 5.46. The van der Waals surface area contributed by atoms with Gasteiger partial charge in [-0.2, -0.15) is 0 Å². The average Bonchev–Trinajstić information content (AvgIpc) is 2.28. The lowest BCUT2D eigenvalue weighted by Gasteiger charge is -2.36. The zero-order valence-electron chi connectivity index (χ0n) is 10.6. The van der Waals surface area contributed by atoms with Gasteiger partial charge < -0.3 is 14.7 Å². The molecule has 6 nitrogen and oxygen atoms in total. The topological polar surface area (TPSA) is 70.1 Å². The molecule has 1 amide bonds. The van der Waals surface area contributed by atoms with E-state index in [2.05, 4.69) is 4.74 Å². The molecular weight excluding hydrogens is 224 g/mol. The normalized spacial score (nSPS) is 20.8. The highest BCUT2D eigenvalue weighted by molar-refractivity contribution is 5.78. The first-order valence-corrected chi connectivity index (χ1v) is 5.65. The molecule has 1 fully saturated rings. The third-order valence-corrected chi connectivity index (χ3v) is 2.97. The quantitative estimate of drug-likeness (QED) is 0.650. The summed E-state index contributed by atoms with van der Waals surface area (Å²) in [7, 11) is 1.25. The molecule has 17 heavy (non-hydrogen) atoms. The number of esters is 1. The average molecular weight is 244 g/mol. The molecule has 1 heterocycles. The zero-order valence-corrected chi connectivity index (χ0v) is 10.6. The van der Waals surface area contributed by atoms with E-state index in [1.165, 1.54) is 14.0 Å². The molecule has 6 heteroatoms. The molecule has 1 atom stereocenters. The molecule has 1 unspecified atom stereocenters. The molecule has 0 radical (unpaired) electrons. The van der Waals surface area contributed by atoms with Gasteiger partial charge >= 0.3 is 5.97 Å². The summed E-state index contributed by atoms with van der Waals surface area (Å²) in [6, 6.07) is 0. The number of piperazine rings is 1. The van der Waals surface area contributed by atoms with E-state index in [4.69, 9.17) is 0 Å². The summed E-state index contributed by atoms with van der Waals surface area (Å²) in [6.45, 7) is 5.79. The van der Waals surface area contributed by atoms with Crippen LogP contribution >= 0.6 is 0 Å². The van der Waals surface area contributed by atoms with Crippen LogP contribution < -0.4 is 0 Å². The Hall–Kier alpha value is -1.14. The van der Waals surface area contributed by atoms with Crippen molar-refractivity contribution in [1.29, 1.82) is 0 Å². The molecule has 0 spiro atoms. The summed E-state index contributed by atoms with van der Waals surface area (Å²) in [4.78, 5) is 26.2. The highest BCUT2D eigenvalue weighted by Crippen LogP contribution is 2.11. The summed E-state index contributed by atoms with van der Waals surface area (Å²) >= 11 is 0. The lowest BCUT2D eigenvalue weighted by atomic mass is 10.1. The van der Waals surface area contributed by atoms with Gasteiger partial charge in [-0.05, 0) is 6.92 Å². The van der Waals surface area contributed by atoms with Crippen molar-refractivity contribution in [3.05, 3.63) is 0 Å². The van der Waals surface area contributed by atoms with Gasteiger partial charge in [-0.3, -0.25) is 9.69 Å². The van der Waals surface area contributed by atoms with Crippen LogP contribution in [-0.2, 0) is 14.3 Å². The van der Waals surface area contributed by atoms with Crippen molar-refractivity contribution in [2.75, 3.05) is 39.8 Å².